The minimum atomic E-state index is -0.411. The van der Waals surface area contributed by atoms with Crippen LogP contribution in [0.4, 0.5) is 11.4 Å². The lowest BCUT2D eigenvalue weighted by atomic mass is 10.0. The number of amides is 2. The molecular formula is C27H24N4O4S2. The molecule has 2 heterocycles. The largest absolute Gasteiger partial charge is 0.339 e. The highest BCUT2D eigenvalue weighted by atomic mass is 32.2. The number of likely N-dealkylation sites (tertiary alicyclic amines) is 1. The average molecular weight is 533 g/mol. The van der Waals surface area contributed by atoms with E-state index < -0.39 is 4.92 Å². The van der Waals surface area contributed by atoms with Crippen molar-refractivity contribution in [3.8, 4) is 0 Å². The van der Waals surface area contributed by atoms with Crippen LogP contribution in [0.2, 0.25) is 0 Å². The fraction of sp³-hybridized carbons (Fsp3) is 0.222. The number of non-ortho nitro benzene ring substituents is 1. The van der Waals surface area contributed by atoms with Crippen molar-refractivity contribution in [3.05, 3.63) is 93.5 Å². The number of aromatic nitrogens is 1. The molecule has 1 aliphatic rings. The number of benzene rings is 3. The molecule has 10 heteroatoms. The number of rotatable bonds is 7. The van der Waals surface area contributed by atoms with Crippen LogP contribution in [0.5, 0.6) is 0 Å². The van der Waals surface area contributed by atoms with Gasteiger partial charge < -0.3 is 10.2 Å². The summed E-state index contributed by atoms with van der Waals surface area (Å²) in [5.41, 5.74) is 3.29. The van der Waals surface area contributed by atoms with E-state index in [1.807, 2.05) is 17.0 Å². The summed E-state index contributed by atoms with van der Waals surface area (Å²) >= 11 is 3.08. The van der Waals surface area contributed by atoms with Gasteiger partial charge in [-0.2, -0.15) is 0 Å². The predicted molar refractivity (Wildman–Crippen MR) is 146 cm³/mol. The molecule has 1 saturated heterocycles. The van der Waals surface area contributed by atoms with Crippen molar-refractivity contribution in [1.82, 2.24) is 9.88 Å². The fourth-order valence-corrected chi connectivity index (χ4v) is 6.30. The summed E-state index contributed by atoms with van der Waals surface area (Å²) in [6.07, 6.45) is 3.11. The number of thioether (sulfide) groups is 1. The number of nitrogens with zero attached hydrogens (tertiary/aromatic N) is 3. The number of carbonyl (C=O) groups is 2. The Morgan fingerprint density at radius 1 is 1.00 bits per heavy atom. The molecule has 0 aliphatic carbocycles. The molecule has 188 valence electrons. The monoisotopic (exact) mass is 532 g/mol. The first-order valence-corrected chi connectivity index (χ1v) is 13.7. The van der Waals surface area contributed by atoms with Crippen molar-refractivity contribution in [3.63, 3.8) is 0 Å². The minimum Gasteiger partial charge on any atom is -0.339 e. The molecule has 0 radical (unpaired) electrons. The zero-order chi connectivity index (χ0) is 25.8. The molecule has 0 unspecified atom stereocenters. The molecule has 1 aliphatic heterocycles. The quantitative estimate of drug-likeness (QED) is 0.168. The van der Waals surface area contributed by atoms with Crippen LogP contribution in [0.3, 0.4) is 0 Å². The van der Waals surface area contributed by atoms with Crippen molar-refractivity contribution in [2.75, 3.05) is 18.4 Å². The van der Waals surface area contributed by atoms with Crippen molar-refractivity contribution in [2.24, 2.45) is 0 Å². The molecule has 37 heavy (non-hydrogen) atoms. The zero-order valence-electron chi connectivity index (χ0n) is 19.9. The maximum atomic E-state index is 13.1. The number of carbonyl (C=O) groups excluding carboxylic acids is 2. The van der Waals surface area contributed by atoms with E-state index in [4.69, 9.17) is 0 Å². The smallest absolute Gasteiger partial charge is 0.269 e. The maximum absolute atomic E-state index is 13.1. The Morgan fingerprint density at radius 3 is 2.46 bits per heavy atom. The SMILES string of the molecule is O=C(Nc1ccc2nc(SCc3ccc([N+](=O)[O-])cc3)sc2c1)c1ccccc1C(=O)N1CCCCC1. The van der Waals surface area contributed by atoms with Gasteiger partial charge in [0.1, 0.15) is 0 Å². The Morgan fingerprint density at radius 2 is 1.73 bits per heavy atom. The van der Waals surface area contributed by atoms with E-state index in [0.717, 1.165) is 52.5 Å². The van der Waals surface area contributed by atoms with Gasteiger partial charge in [0.15, 0.2) is 4.34 Å². The van der Waals surface area contributed by atoms with Gasteiger partial charge in [0.25, 0.3) is 17.5 Å². The Kier molecular flexibility index (Phi) is 7.47. The first-order chi connectivity index (χ1) is 18.0. The average Bonchev–Trinajstić information content (AvgIpc) is 3.34. The zero-order valence-corrected chi connectivity index (χ0v) is 21.5. The Labute approximate surface area is 221 Å². The van der Waals surface area contributed by atoms with Gasteiger partial charge in [-0.3, -0.25) is 19.7 Å². The highest BCUT2D eigenvalue weighted by Crippen LogP contribution is 2.33. The Bertz CT molecular complexity index is 1460. The van der Waals surface area contributed by atoms with Crippen LogP contribution in [-0.4, -0.2) is 39.7 Å². The molecule has 0 saturated carbocycles. The lowest BCUT2D eigenvalue weighted by molar-refractivity contribution is -0.384. The van der Waals surface area contributed by atoms with Crippen molar-refractivity contribution in [1.29, 1.82) is 0 Å². The molecule has 0 bridgehead atoms. The van der Waals surface area contributed by atoms with E-state index in [1.54, 1.807) is 54.2 Å². The number of anilines is 1. The van der Waals surface area contributed by atoms with E-state index in [2.05, 4.69) is 10.3 Å². The van der Waals surface area contributed by atoms with Gasteiger partial charge in [-0.15, -0.1) is 11.3 Å². The van der Waals surface area contributed by atoms with Gasteiger partial charge >= 0.3 is 0 Å². The maximum Gasteiger partial charge on any atom is 0.269 e. The fourth-order valence-electron chi connectivity index (χ4n) is 4.24. The van der Waals surface area contributed by atoms with Gasteiger partial charge in [0.05, 0.1) is 26.3 Å². The molecule has 5 rings (SSSR count). The number of thiazole rings is 1. The summed E-state index contributed by atoms with van der Waals surface area (Å²) < 4.78 is 1.80. The number of nitro benzene ring substituents is 1. The molecule has 1 aromatic heterocycles. The molecule has 3 aromatic carbocycles. The Balaban J connectivity index is 1.27. The number of nitro groups is 1. The summed E-state index contributed by atoms with van der Waals surface area (Å²) in [6.45, 7) is 1.45. The summed E-state index contributed by atoms with van der Waals surface area (Å²) in [5, 5.41) is 13.8. The van der Waals surface area contributed by atoms with Crippen molar-refractivity contribution in [2.45, 2.75) is 29.4 Å². The second kappa shape index (κ2) is 11.1. The van der Waals surface area contributed by atoms with Crippen LogP contribution in [-0.2, 0) is 5.75 Å². The minimum absolute atomic E-state index is 0.0711. The number of hydrogen-bond acceptors (Lipinski definition) is 7. The molecule has 0 atom stereocenters. The van der Waals surface area contributed by atoms with Gasteiger partial charge in [-0.25, -0.2) is 4.98 Å². The highest BCUT2D eigenvalue weighted by Gasteiger charge is 2.23. The molecule has 2 amide bonds. The molecule has 8 nitrogen and oxygen atoms in total. The first-order valence-electron chi connectivity index (χ1n) is 11.9. The third kappa shape index (κ3) is 5.81. The van der Waals surface area contributed by atoms with E-state index in [9.17, 15) is 19.7 Å². The van der Waals surface area contributed by atoms with Crippen LogP contribution in [0.15, 0.2) is 71.1 Å². The van der Waals surface area contributed by atoms with Crippen molar-refractivity contribution >= 4 is 56.5 Å². The third-order valence-corrected chi connectivity index (χ3v) is 8.41. The number of piperidine rings is 1. The summed E-state index contributed by atoms with van der Waals surface area (Å²) in [6, 6.07) is 19.0. The van der Waals surface area contributed by atoms with Crippen molar-refractivity contribution < 1.29 is 14.5 Å². The van der Waals surface area contributed by atoms with Gasteiger partial charge in [-0.05, 0) is 55.2 Å². The standard InChI is InChI=1S/C27H24N4O4S2/c32-25(21-6-2-3-7-22(21)26(33)30-14-4-1-5-15-30)28-19-10-13-23-24(16-19)37-27(29-23)36-17-18-8-11-20(12-9-18)31(34)35/h2-3,6-13,16H,1,4-5,14-15,17H2,(H,28,32). The second-order valence-corrected chi connectivity index (χ2v) is 11.0. The first kappa shape index (κ1) is 24.9. The van der Waals surface area contributed by atoms with E-state index >= 15 is 0 Å². The highest BCUT2D eigenvalue weighted by molar-refractivity contribution is 8.00. The molecule has 4 aromatic rings. The number of hydrogen-bond donors (Lipinski definition) is 1. The van der Waals surface area contributed by atoms with E-state index in [-0.39, 0.29) is 17.5 Å². The molecule has 1 fully saturated rings. The number of nitrogens with one attached hydrogen (secondary N) is 1. The lowest BCUT2D eigenvalue weighted by Gasteiger charge is -2.27. The topological polar surface area (TPSA) is 105 Å². The summed E-state index contributed by atoms with van der Waals surface area (Å²) in [7, 11) is 0. The lowest BCUT2D eigenvalue weighted by Crippen LogP contribution is -2.36. The summed E-state index contributed by atoms with van der Waals surface area (Å²) in [4.78, 5) is 43.1. The molecular weight excluding hydrogens is 508 g/mol. The predicted octanol–water partition coefficient (Wildman–Crippen LogP) is 6.38. The third-order valence-electron chi connectivity index (χ3n) is 6.18. The molecule has 0 spiro atoms. The van der Waals surface area contributed by atoms with Crippen LogP contribution in [0.25, 0.3) is 10.2 Å². The van der Waals surface area contributed by atoms with Gasteiger partial charge in [-0.1, -0.05) is 36.0 Å². The molecule has 1 N–H and O–H groups in total. The normalized spacial score (nSPS) is 13.5. The van der Waals surface area contributed by atoms with Gasteiger partial charge in [0.2, 0.25) is 0 Å². The van der Waals surface area contributed by atoms with Crippen LogP contribution in [0.1, 0.15) is 45.5 Å². The van der Waals surface area contributed by atoms with Crippen LogP contribution < -0.4 is 5.32 Å². The second-order valence-electron chi connectivity index (χ2n) is 8.73. The van der Waals surface area contributed by atoms with Gasteiger partial charge in [0, 0.05) is 36.7 Å². The van der Waals surface area contributed by atoms with Crippen LogP contribution in [0, 0.1) is 10.1 Å². The van der Waals surface area contributed by atoms with E-state index in [0.29, 0.717) is 22.6 Å². The summed E-state index contributed by atoms with van der Waals surface area (Å²) in [5.74, 6) is 0.221. The van der Waals surface area contributed by atoms with E-state index in [1.165, 1.54) is 23.5 Å². The van der Waals surface area contributed by atoms with Crippen LogP contribution >= 0.6 is 23.1 Å². The number of fused-ring (bicyclic) bond motifs is 1. The Hall–Kier alpha value is -3.76.